The summed E-state index contributed by atoms with van der Waals surface area (Å²) in [7, 11) is 0. The Hall–Kier alpha value is -6.56. The number of para-hydroxylation sites is 1. The van der Waals surface area contributed by atoms with E-state index in [0.29, 0.717) is 17.5 Å². The van der Waals surface area contributed by atoms with E-state index in [1.807, 2.05) is 29.5 Å². The fourth-order valence-corrected chi connectivity index (χ4v) is 9.64. The Bertz CT molecular complexity index is 3130. The standard InChI is InChI=1S/C49H32N4S/c1-49(2)38-22-11-9-18-32(38)37-28-31(24-26-39(37)49)47-51-46(30-16-7-4-8-17-30)52-48(53-47)36-21-13-20-34-42-35(44(50-45(34)36)29-14-5-3-6-15-29)25-27-41-43(42)33-19-10-12-23-40(33)54-41/h3-28H,1-2H3. The molecule has 10 aromatic rings. The number of rotatable bonds is 4. The fourth-order valence-electron chi connectivity index (χ4n) is 8.53. The molecule has 54 heavy (non-hydrogen) atoms. The van der Waals surface area contributed by atoms with Gasteiger partial charge in [-0.3, -0.25) is 0 Å². The summed E-state index contributed by atoms with van der Waals surface area (Å²) in [6.07, 6.45) is 0. The summed E-state index contributed by atoms with van der Waals surface area (Å²) in [5.74, 6) is 1.86. The lowest BCUT2D eigenvalue weighted by molar-refractivity contribution is 0.660. The van der Waals surface area contributed by atoms with Crippen molar-refractivity contribution in [2.24, 2.45) is 0 Å². The normalized spacial score (nSPS) is 13.1. The van der Waals surface area contributed by atoms with Gasteiger partial charge < -0.3 is 0 Å². The molecule has 7 aromatic carbocycles. The molecule has 254 valence electrons. The molecule has 0 fully saturated rings. The average Bonchev–Trinajstić information content (AvgIpc) is 3.72. The highest BCUT2D eigenvalue weighted by Crippen LogP contribution is 2.50. The molecule has 1 aliphatic rings. The largest absolute Gasteiger partial charge is 0.246 e. The summed E-state index contributed by atoms with van der Waals surface area (Å²) in [6, 6.07) is 55.8. The van der Waals surface area contributed by atoms with Gasteiger partial charge in [-0.25, -0.2) is 19.9 Å². The Kier molecular flexibility index (Phi) is 6.73. The van der Waals surface area contributed by atoms with E-state index in [9.17, 15) is 0 Å². The molecule has 0 bridgehead atoms. The first-order chi connectivity index (χ1) is 26.5. The first-order valence-corrected chi connectivity index (χ1v) is 19.1. The van der Waals surface area contributed by atoms with Gasteiger partial charge in [0.25, 0.3) is 0 Å². The molecule has 0 saturated carbocycles. The van der Waals surface area contributed by atoms with Crippen molar-refractivity contribution in [3.63, 3.8) is 0 Å². The molecule has 1 aliphatic carbocycles. The van der Waals surface area contributed by atoms with Crippen molar-refractivity contribution < 1.29 is 0 Å². The predicted octanol–water partition coefficient (Wildman–Crippen LogP) is 12.9. The summed E-state index contributed by atoms with van der Waals surface area (Å²) in [5, 5.41) is 5.93. The molecule has 0 unspecified atom stereocenters. The number of fused-ring (bicyclic) bond motifs is 10. The van der Waals surface area contributed by atoms with Crippen LogP contribution in [0.5, 0.6) is 0 Å². The van der Waals surface area contributed by atoms with Crippen LogP contribution in [0.2, 0.25) is 0 Å². The van der Waals surface area contributed by atoms with E-state index < -0.39 is 0 Å². The minimum Gasteiger partial charge on any atom is -0.246 e. The third-order valence-electron chi connectivity index (χ3n) is 11.1. The Labute approximate surface area is 316 Å². The van der Waals surface area contributed by atoms with Crippen molar-refractivity contribution >= 4 is 53.2 Å². The van der Waals surface area contributed by atoms with Crippen molar-refractivity contribution in [1.29, 1.82) is 0 Å². The van der Waals surface area contributed by atoms with Gasteiger partial charge in [0.1, 0.15) is 0 Å². The van der Waals surface area contributed by atoms with Crippen LogP contribution in [-0.4, -0.2) is 19.9 Å². The second kappa shape index (κ2) is 11.7. The van der Waals surface area contributed by atoms with Gasteiger partial charge in [-0.05, 0) is 46.5 Å². The van der Waals surface area contributed by atoms with Crippen LogP contribution in [-0.2, 0) is 5.41 Å². The monoisotopic (exact) mass is 708 g/mol. The minimum atomic E-state index is -0.0863. The van der Waals surface area contributed by atoms with Crippen molar-refractivity contribution in [2.75, 3.05) is 0 Å². The zero-order valence-electron chi connectivity index (χ0n) is 29.7. The van der Waals surface area contributed by atoms with Gasteiger partial charge >= 0.3 is 0 Å². The van der Waals surface area contributed by atoms with E-state index in [4.69, 9.17) is 19.9 Å². The molecule has 3 heterocycles. The third kappa shape index (κ3) is 4.62. The zero-order chi connectivity index (χ0) is 36.0. The van der Waals surface area contributed by atoms with E-state index in [0.717, 1.165) is 44.2 Å². The van der Waals surface area contributed by atoms with Gasteiger partial charge in [0.05, 0.1) is 11.2 Å². The van der Waals surface area contributed by atoms with E-state index >= 15 is 0 Å². The minimum absolute atomic E-state index is 0.0863. The van der Waals surface area contributed by atoms with Gasteiger partial charge in [0.15, 0.2) is 17.5 Å². The number of pyridine rings is 1. The lowest BCUT2D eigenvalue weighted by atomic mass is 9.82. The topological polar surface area (TPSA) is 51.6 Å². The summed E-state index contributed by atoms with van der Waals surface area (Å²) in [6.45, 7) is 4.61. The molecule has 3 aromatic heterocycles. The van der Waals surface area contributed by atoms with Crippen molar-refractivity contribution in [2.45, 2.75) is 19.3 Å². The van der Waals surface area contributed by atoms with Gasteiger partial charge in [0, 0.05) is 64.0 Å². The zero-order valence-corrected chi connectivity index (χ0v) is 30.5. The van der Waals surface area contributed by atoms with Crippen LogP contribution >= 0.6 is 11.3 Å². The summed E-state index contributed by atoms with van der Waals surface area (Å²) in [4.78, 5) is 21.2. The van der Waals surface area contributed by atoms with Crippen LogP contribution in [0.1, 0.15) is 25.0 Å². The molecule has 0 radical (unpaired) electrons. The van der Waals surface area contributed by atoms with E-state index in [1.165, 1.54) is 47.8 Å². The van der Waals surface area contributed by atoms with Crippen molar-refractivity contribution in [1.82, 2.24) is 19.9 Å². The molecule has 0 amide bonds. The quantitative estimate of drug-likeness (QED) is 0.171. The number of thiophene rings is 1. The molecular weight excluding hydrogens is 677 g/mol. The Morgan fingerprint density at radius 3 is 1.89 bits per heavy atom. The maximum Gasteiger partial charge on any atom is 0.166 e. The third-order valence-corrected chi connectivity index (χ3v) is 12.3. The van der Waals surface area contributed by atoms with Crippen LogP contribution in [0.3, 0.4) is 0 Å². The molecule has 11 rings (SSSR count). The molecule has 0 saturated heterocycles. The van der Waals surface area contributed by atoms with Gasteiger partial charge in [-0.1, -0.05) is 147 Å². The van der Waals surface area contributed by atoms with E-state index in [-0.39, 0.29) is 5.41 Å². The second-order valence-electron chi connectivity index (χ2n) is 14.6. The highest BCUT2D eigenvalue weighted by molar-refractivity contribution is 7.26. The molecular formula is C49H32N4S. The second-order valence-corrected chi connectivity index (χ2v) is 15.7. The lowest BCUT2D eigenvalue weighted by Crippen LogP contribution is -2.14. The van der Waals surface area contributed by atoms with Crippen LogP contribution in [0.4, 0.5) is 0 Å². The first kappa shape index (κ1) is 31.0. The molecule has 0 atom stereocenters. The molecule has 4 nitrogen and oxygen atoms in total. The van der Waals surface area contributed by atoms with Crippen molar-refractivity contribution in [3.05, 3.63) is 169 Å². The van der Waals surface area contributed by atoms with Crippen LogP contribution in [0.25, 0.3) is 98.4 Å². The smallest absolute Gasteiger partial charge is 0.166 e. The highest BCUT2D eigenvalue weighted by atomic mass is 32.1. The lowest BCUT2D eigenvalue weighted by Gasteiger charge is -2.21. The number of hydrogen-bond donors (Lipinski definition) is 0. The molecule has 0 spiro atoms. The maximum atomic E-state index is 5.52. The van der Waals surface area contributed by atoms with E-state index in [1.54, 1.807) is 0 Å². The summed E-state index contributed by atoms with van der Waals surface area (Å²) in [5.41, 5.74) is 10.7. The maximum absolute atomic E-state index is 5.52. The van der Waals surface area contributed by atoms with Crippen LogP contribution in [0, 0.1) is 0 Å². The molecule has 5 heteroatoms. The number of aromatic nitrogens is 4. The first-order valence-electron chi connectivity index (χ1n) is 18.3. The van der Waals surface area contributed by atoms with Gasteiger partial charge in [0.2, 0.25) is 0 Å². The Balaban J connectivity index is 1.21. The Morgan fingerprint density at radius 2 is 1.06 bits per heavy atom. The molecule has 0 aliphatic heterocycles. The van der Waals surface area contributed by atoms with Gasteiger partial charge in [-0.2, -0.15) is 0 Å². The van der Waals surface area contributed by atoms with Crippen molar-refractivity contribution in [3.8, 4) is 56.5 Å². The van der Waals surface area contributed by atoms with Crippen LogP contribution in [0.15, 0.2) is 158 Å². The summed E-state index contributed by atoms with van der Waals surface area (Å²) < 4.78 is 2.54. The summed E-state index contributed by atoms with van der Waals surface area (Å²) >= 11 is 1.84. The Morgan fingerprint density at radius 1 is 0.407 bits per heavy atom. The predicted molar refractivity (Wildman–Crippen MR) is 225 cm³/mol. The van der Waals surface area contributed by atoms with Crippen LogP contribution < -0.4 is 0 Å². The highest BCUT2D eigenvalue weighted by Gasteiger charge is 2.35. The SMILES string of the molecule is CC1(C)c2ccccc2-c2cc(-c3nc(-c4ccccc4)nc(-c4cccc5c4nc(-c4ccccc4)c4ccc6sc7ccccc7c6c45)n3)ccc21. The number of nitrogens with zero attached hydrogens (tertiary/aromatic N) is 4. The van der Waals surface area contributed by atoms with Gasteiger partial charge in [-0.15, -0.1) is 11.3 Å². The van der Waals surface area contributed by atoms with E-state index in [2.05, 4.69) is 153 Å². The number of hydrogen-bond acceptors (Lipinski definition) is 5. The average molecular weight is 709 g/mol. The number of benzene rings is 7. The fraction of sp³-hybridized carbons (Fsp3) is 0.0612. The molecule has 0 N–H and O–H groups in total.